The molecule has 0 saturated carbocycles. The minimum Gasteiger partial charge on any atom is -0.375 e. The van der Waals surface area contributed by atoms with Crippen molar-refractivity contribution in [3.05, 3.63) is 34.3 Å². The third-order valence-corrected chi connectivity index (χ3v) is 5.16. The molecule has 0 spiro atoms. The van der Waals surface area contributed by atoms with E-state index in [2.05, 4.69) is 52.4 Å². The number of halogens is 1. The molecule has 4 unspecified atom stereocenters. The van der Waals surface area contributed by atoms with E-state index in [0.717, 1.165) is 13.0 Å². The van der Waals surface area contributed by atoms with Crippen LogP contribution in [0.1, 0.15) is 38.2 Å². The maximum Gasteiger partial charge on any atom is 0.0623 e. The van der Waals surface area contributed by atoms with Crippen LogP contribution in [0.15, 0.2) is 28.7 Å². The fourth-order valence-electron chi connectivity index (χ4n) is 3.72. The lowest BCUT2D eigenvalue weighted by Gasteiger charge is -2.29. The van der Waals surface area contributed by atoms with E-state index < -0.39 is 0 Å². The molecule has 20 heavy (non-hydrogen) atoms. The van der Waals surface area contributed by atoms with Crippen LogP contribution in [0.25, 0.3) is 0 Å². The molecule has 3 heteroatoms. The summed E-state index contributed by atoms with van der Waals surface area (Å²) < 4.78 is 7.23. The van der Waals surface area contributed by atoms with E-state index in [1.807, 2.05) is 0 Å². The Labute approximate surface area is 130 Å². The normalized spacial score (nSPS) is 29.8. The first-order valence-corrected chi connectivity index (χ1v) is 8.69. The second-order valence-electron chi connectivity index (χ2n) is 6.17. The van der Waals surface area contributed by atoms with Gasteiger partial charge in [-0.05, 0) is 56.3 Å². The molecule has 110 valence electrons. The van der Waals surface area contributed by atoms with Gasteiger partial charge in [-0.3, -0.25) is 0 Å². The third-order valence-electron chi connectivity index (χ3n) is 4.67. The Bertz CT molecular complexity index is 450. The van der Waals surface area contributed by atoms with Crippen molar-refractivity contribution < 1.29 is 4.74 Å². The van der Waals surface area contributed by atoms with Gasteiger partial charge < -0.3 is 10.1 Å². The van der Waals surface area contributed by atoms with Crippen LogP contribution in [0.2, 0.25) is 0 Å². The fraction of sp³-hybridized carbons (Fsp3) is 0.647. The summed E-state index contributed by atoms with van der Waals surface area (Å²) in [6.07, 6.45) is 7.13. The Morgan fingerprint density at radius 3 is 2.95 bits per heavy atom. The molecule has 2 aliphatic rings. The Kier molecular flexibility index (Phi) is 4.79. The van der Waals surface area contributed by atoms with Crippen LogP contribution in [-0.2, 0) is 11.2 Å². The van der Waals surface area contributed by atoms with Gasteiger partial charge in [-0.25, -0.2) is 0 Å². The maximum absolute atomic E-state index is 6.06. The Morgan fingerprint density at radius 2 is 2.30 bits per heavy atom. The molecule has 0 amide bonds. The van der Waals surface area contributed by atoms with Crippen LogP contribution in [0.4, 0.5) is 0 Å². The number of fused-ring (bicyclic) bond motifs is 2. The van der Waals surface area contributed by atoms with Crippen LogP contribution in [-0.4, -0.2) is 24.8 Å². The summed E-state index contributed by atoms with van der Waals surface area (Å²) in [4.78, 5) is 0. The lowest BCUT2D eigenvalue weighted by molar-refractivity contribution is 0.0857. The van der Waals surface area contributed by atoms with E-state index in [0.29, 0.717) is 24.2 Å². The quantitative estimate of drug-likeness (QED) is 0.849. The smallest absolute Gasteiger partial charge is 0.0623 e. The van der Waals surface area contributed by atoms with Crippen molar-refractivity contribution >= 4 is 15.9 Å². The molecular weight excluding hydrogens is 314 g/mol. The van der Waals surface area contributed by atoms with Gasteiger partial charge in [0.2, 0.25) is 0 Å². The van der Waals surface area contributed by atoms with Crippen LogP contribution in [0.3, 0.4) is 0 Å². The Hall–Kier alpha value is -0.380. The van der Waals surface area contributed by atoms with Crippen molar-refractivity contribution in [3.8, 4) is 0 Å². The number of rotatable bonds is 6. The van der Waals surface area contributed by atoms with E-state index in [-0.39, 0.29) is 0 Å². The molecule has 1 aromatic carbocycles. The summed E-state index contributed by atoms with van der Waals surface area (Å²) >= 11 is 3.58. The monoisotopic (exact) mass is 337 g/mol. The van der Waals surface area contributed by atoms with Crippen LogP contribution >= 0.6 is 15.9 Å². The average molecular weight is 338 g/mol. The van der Waals surface area contributed by atoms with E-state index in [9.17, 15) is 0 Å². The summed E-state index contributed by atoms with van der Waals surface area (Å²) in [6.45, 7) is 3.34. The van der Waals surface area contributed by atoms with Gasteiger partial charge in [0.05, 0.1) is 12.2 Å². The van der Waals surface area contributed by atoms with Gasteiger partial charge >= 0.3 is 0 Å². The summed E-state index contributed by atoms with van der Waals surface area (Å²) in [5, 5.41) is 3.77. The molecule has 0 aromatic heterocycles. The lowest BCUT2D eigenvalue weighted by Crippen LogP contribution is -2.42. The number of nitrogens with one attached hydrogen (secondary N) is 1. The van der Waals surface area contributed by atoms with Gasteiger partial charge in [0.1, 0.15) is 0 Å². The second-order valence-corrected chi connectivity index (χ2v) is 7.08. The number of ether oxygens (including phenoxy) is 1. The van der Waals surface area contributed by atoms with Crippen molar-refractivity contribution in [3.63, 3.8) is 0 Å². The third kappa shape index (κ3) is 3.26. The van der Waals surface area contributed by atoms with Gasteiger partial charge in [-0.2, -0.15) is 0 Å². The van der Waals surface area contributed by atoms with Crippen LogP contribution in [0.5, 0.6) is 0 Å². The molecular formula is C17H24BrNO. The maximum atomic E-state index is 6.06. The number of hydrogen-bond donors (Lipinski definition) is 1. The zero-order valence-corrected chi connectivity index (χ0v) is 13.7. The predicted molar refractivity (Wildman–Crippen MR) is 85.9 cm³/mol. The molecule has 2 fully saturated rings. The first-order chi connectivity index (χ1) is 9.76. The van der Waals surface area contributed by atoms with Crippen molar-refractivity contribution in [1.82, 2.24) is 5.32 Å². The van der Waals surface area contributed by atoms with Gasteiger partial charge in [0.15, 0.2) is 0 Å². The highest BCUT2D eigenvalue weighted by Crippen LogP contribution is 2.41. The molecule has 1 aromatic rings. The molecule has 1 N–H and O–H groups in total. The molecule has 4 atom stereocenters. The van der Waals surface area contributed by atoms with Crippen molar-refractivity contribution in [1.29, 1.82) is 0 Å². The molecule has 2 bridgehead atoms. The summed E-state index contributed by atoms with van der Waals surface area (Å²) in [6, 6.07) is 9.26. The largest absolute Gasteiger partial charge is 0.375 e. The first kappa shape index (κ1) is 14.6. The molecule has 0 radical (unpaired) electrons. The molecule has 2 heterocycles. The molecule has 2 saturated heterocycles. The number of hydrogen-bond acceptors (Lipinski definition) is 2. The van der Waals surface area contributed by atoms with Gasteiger partial charge in [0, 0.05) is 16.4 Å². The van der Waals surface area contributed by atoms with E-state index >= 15 is 0 Å². The Balaban J connectivity index is 1.69. The minimum absolute atomic E-state index is 0.501. The van der Waals surface area contributed by atoms with E-state index in [1.54, 1.807) is 0 Å². The predicted octanol–water partition coefficient (Wildman–Crippen LogP) is 3.93. The van der Waals surface area contributed by atoms with Crippen LogP contribution in [0, 0.1) is 5.92 Å². The minimum atomic E-state index is 0.501. The van der Waals surface area contributed by atoms with Crippen molar-refractivity contribution in [2.75, 3.05) is 6.54 Å². The molecule has 2 nitrogen and oxygen atoms in total. The van der Waals surface area contributed by atoms with Crippen molar-refractivity contribution in [2.24, 2.45) is 5.92 Å². The zero-order chi connectivity index (χ0) is 13.9. The van der Waals surface area contributed by atoms with Crippen molar-refractivity contribution in [2.45, 2.75) is 57.3 Å². The van der Waals surface area contributed by atoms with Crippen LogP contribution < -0.4 is 5.32 Å². The highest BCUT2D eigenvalue weighted by Gasteiger charge is 2.44. The average Bonchev–Trinajstić information content (AvgIpc) is 3.06. The molecule has 0 aliphatic carbocycles. The number of benzene rings is 1. The van der Waals surface area contributed by atoms with E-state index in [1.165, 1.54) is 35.7 Å². The highest BCUT2D eigenvalue weighted by molar-refractivity contribution is 9.10. The first-order valence-electron chi connectivity index (χ1n) is 7.89. The molecule has 3 rings (SSSR count). The van der Waals surface area contributed by atoms with Gasteiger partial charge in [0.25, 0.3) is 0 Å². The second kappa shape index (κ2) is 6.59. The van der Waals surface area contributed by atoms with Gasteiger partial charge in [-0.15, -0.1) is 0 Å². The topological polar surface area (TPSA) is 21.3 Å². The summed E-state index contributed by atoms with van der Waals surface area (Å²) in [5.41, 5.74) is 1.41. The lowest BCUT2D eigenvalue weighted by atomic mass is 9.81. The summed E-state index contributed by atoms with van der Waals surface area (Å²) in [7, 11) is 0. The molecule has 2 aliphatic heterocycles. The van der Waals surface area contributed by atoms with E-state index in [4.69, 9.17) is 4.74 Å². The SMILES string of the molecule is CCCNC(Cc1cccc(Br)c1)C1CC2CCC1O2. The standard InChI is InChI=1S/C17H24BrNO/c1-2-8-19-16(10-12-4-3-5-13(18)9-12)15-11-14-6-7-17(15)20-14/h3-5,9,14-17,19H,2,6-8,10-11H2,1H3. The summed E-state index contributed by atoms with van der Waals surface area (Å²) in [5.74, 6) is 0.694. The fourth-order valence-corrected chi connectivity index (χ4v) is 4.17. The highest BCUT2D eigenvalue weighted by atomic mass is 79.9. The Morgan fingerprint density at radius 1 is 1.40 bits per heavy atom. The zero-order valence-electron chi connectivity index (χ0n) is 12.1. The van der Waals surface area contributed by atoms with Gasteiger partial charge in [-0.1, -0.05) is 35.0 Å².